The van der Waals surface area contributed by atoms with Gasteiger partial charge in [-0.25, -0.2) is 17.2 Å². The molecule has 0 radical (unpaired) electrons. The molecule has 0 saturated carbocycles. The smallest absolute Gasteiger partial charge is 0.185 e. The van der Waals surface area contributed by atoms with E-state index in [1.807, 2.05) is 6.92 Å². The van der Waals surface area contributed by atoms with Crippen molar-refractivity contribution in [3.63, 3.8) is 0 Å². The van der Waals surface area contributed by atoms with Crippen LogP contribution in [0.4, 0.5) is 8.78 Å². The Kier molecular flexibility index (Phi) is 4.67. The first-order valence-electron chi connectivity index (χ1n) is 7.82. The molecule has 3 rings (SSSR count). The van der Waals surface area contributed by atoms with Crippen LogP contribution in [0.5, 0.6) is 0 Å². The summed E-state index contributed by atoms with van der Waals surface area (Å²) in [5.41, 5.74) is 0.172. The molecule has 0 saturated heterocycles. The zero-order valence-electron chi connectivity index (χ0n) is 13.1. The Balaban J connectivity index is 2.22. The Labute approximate surface area is 145 Å². The lowest BCUT2D eigenvalue weighted by molar-refractivity contribution is 0.396. The summed E-state index contributed by atoms with van der Waals surface area (Å²) in [7, 11) is -3.86. The van der Waals surface area contributed by atoms with Crippen LogP contribution >= 0.6 is 11.6 Å². The molecule has 2 aromatic rings. The molecule has 2 aromatic carbocycles. The number of fused-ring (bicyclic) bond motifs is 1. The zero-order valence-corrected chi connectivity index (χ0v) is 14.7. The minimum Gasteiger partial charge on any atom is -0.223 e. The number of rotatable bonds is 3. The summed E-state index contributed by atoms with van der Waals surface area (Å²) in [5, 5.41) is -0.662. The van der Waals surface area contributed by atoms with Crippen LogP contribution in [-0.2, 0) is 16.3 Å². The van der Waals surface area contributed by atoms with Gasteiger partial charge in [-0.3, -0.25) is 0 Å². The van der Waals surface area contributed by atoms with Gasteiger partial charge in [-0.15, -0.1) is 0 Å². The lowest BCUT2D eigenvalue weighted by Crippen LogP contribution is -2.29. The van der Waals surface area contributed by atoms with Crippen LogP contribution < -0.4 is 0 Å². The fourth-order valence-electron chi connectivity index (χ4n) is 3.49. The summed E-state index contributed by atoms with van der Waals surface area (Å²) in [6.45, 7) is 1.87. The number of hydrogen-bond acceptors (Lipinski definition) is 2. The Morgan fingerprint density at radius 2 is 1.71 bits per heavy atom. The van der Waals surface area contributed by atoms with Gasteiger partial charge >= 0.3 is 0 Å². The minimum absolute atomic E-state index is 0.0111. The summed E-state index contributed by atoms with van der Waals surface area (Å²) in [6.07, 6.45) is 1.44. The molecule has 0 N–H and O–H groups in total. The summed E-state index contributed by atoms with van der Waals surface area (Å²) in [5.74, 6) is -1.46. The van der Waals surface area contributed by atoms with E-state index in [1.165, 1.54) is 24.3 Å². The highest BCUT2D eigenvalue weighted by Gasteiger charge is 2.41. The SMILES string of the molecule is CC[C@@H]1CCc2c(F)ccc(F)c2[C@H]1S(=O)(=O)c1ccc(Cl)cc1. The Morgan fingerprint density at radius 1 is 1.08 bits per heavy atom. The predicted molar refractivity (Wildman–Crippen MR) is 89.8 cm³/mol. The van der Waals surface area contributed by atoms with Gasteiger partial charge in [-0.05, 0) is 60.7 Å². The molecule has 128 valence electrons. The molecule has 0 heterocycles. The fraction of sp³-hybridized carbons (Fsp3) is 0.333. The predicted octanol–water partition coefficient (Wildman–Crippen LogP) is 5.11. The van der Waals surface area contributed by atoms with E-state index in [0.717, 1.165) is 12.1 Å². The van der Waals surface area contributed by atoms with E-state index in [0.29, 0.717) is 24.3 Å². The molecule has 0 fully saturated rings. The first-order chi connectivity index (χ1) is 11.4. The summed E-state index contributed by atoms with van der Waals surface area (Å²) < 4.78 is 54.9. The molecular weight excluding hydrogens is 354 g/mol. The number of benzene rings is 2. The number of sulfone groups is 1. The van der Waals surface area contributed by atoms with Crippen molar-refractivity contribution in [1.82, 2.24) is 0 Å². The topological polar surface area (TPSA) is 34.1 Å². The number of hydrogen-bond donors (Lipinski definition) is 0. The molecule has 0 aliphatic heterocycles. The van der Waals surface area contributed by atoms with Gasteiger partial charge in [-0.2, -0.15) is 0 Å². The maximum absolute atomic E-state index is 14.5. The molecule has 0 amide bonds. The molecule has 0 aromatic heterocycles. The van der Waals surface area contributed by atoms with Gasteiger partial charge in [0.2, 0.25) is 0 Å². The first-order valence-corrected chi connectivity index (χ1v) is 9.75. The van der Waals surface area contributed by atoms with Crippen LogP contribution in [-0.4, -0.2) is 8.42 Å². The third-order valence-electron chi connectivity index (χ3n) is 4.73. The molecule has 1 aliphatic rings. The molecule has 0 spiro atoms. The van der Waals surface area contributed by atoms with Crippen molar-refractivity contribution >= 4 is 21.4 Å². The molecule has 0 unspecified atom stereocenters. The Bertz CT molecular complexity index is 863. The van der Waals surface area contributed by atoms with E-state index in [9.17, 15) is 17.2 Å². The van der Waals surface area contributed by atoms with E-state index in [4.69, 9.17) is 11.6 Å². The average Bonchev–Trinajstić information content (AvgIpc) is 2.57. The largest absolute Gasteiger partial charge is 0.223 e. The van der Waals surface area contributed by atoms with Crippen LogP contribution in [0, 0.1) is 17.6 Å². The van der Waals surface area contributed by atoms with Gasteiger partial charge in [0.15, 0.2) is 9.84 Å². The zero-order chi connectivity index (χ0) is 17.5. The molecule has 1 aliphatic carbocycles. The lowest BCUT2D eigenvalue weighted by Gasteiger charge is -2.33. The summed E-state index contributed by atoms with van der Waals surface area (Å²) in [6, 6.07) is 7.87. The van der Waals surface area contributed by atoms with Crippen molar-refractivity contribution in [1.29, 1.82) is 0 Å². The van der Waals surface area contributed by atoms with Crippen molar-refractivity contribution in [2.75, 3.05) is 0 Å². The number of halogens is 3. The second-order valence-corrected chi connectivity index (χ2v) is 8.55. The minimum atomic E-state index is -3.86. The van der Waals surface area contributed by atoms with E-state index in [1.54, 1.807) is 0 Å². The van der Waals surface area contributed by atoms with Gasteiger partial charge in [-0.1, -0.05) is 24.9 Å². The molecular formula is C18H17ClF2O2S. The first kappa shape index (κ1) is 17.4. The molecule has 2 nitrogen and oxygen atoms in total. The van der Waals surface area contributed by atoms with Crippen LogP contribution in [0.3, 0.4) is 0 Å². The normalized spacial score (nSPS) is 20.7. The van der Waals surface area contributed by atoms with Crippen molar-refractivity contribution in [2.24, 2.45) is 5.92 Å². The standard InChI is InChI=1S/C18H17ClF2O2S/c1-2-11-3-8-14-15(20)9-10-16(21)17(14)18(11)24(22,23)13-6-4-12(19)5-7-13/h4-7,9-11,18H,2-3,8H2,1H3/t11-,18+/m1/s1. The third-order valence-corrected chi connectivity index (χ3v) is 7.20. The lowest BCUT2D eigenvalue weighted by atomic mass is 9.81. The molecule has 2 atom stereocenters. The van der Waals surface area contributed by atoms with Gasteiger partial charge < -0.3 is 0 Å². The van der Waals surface area contributed by atoms with Crippen LogP contribution in [0.25, 0.3) is 0 Å². The van der Waals surface area contributed by atoms with Gasteiger partial charge in [0.1, 0.15) is 11.6 Å². The van der Waals surface area contributed by atoms with Crippen molar-refractivity contribution in [2.45, 2.75) is 36.3 Å². The van der Waals surface area contributed by atoms with Crippen molar-refractivity contribution in [3.05, 3.63) is 64.2 Å². The summed E-state index contributed by atoms with van der Waals surface area (Å²) in [4.78, 5) is 0.0758. The van der Waals surface area contributed by atoms with E-state index in [-0.39, 0.29) is 21.9 Å². The highest BCUT2D eigenvalue weighted by molar-refractivity contribution is 7.91. The second-order valence-electron chi connectivity index (χ2n) is 6.05. The average molecular weight is 371 g/mol. The van der Waals surface area contributed by atoms with Crippen LogP contribution in [0.1, 0.15) is 36.1 Å². The van der Waals surface area contributed by atoms with Crippen molar-refractivity contribution < 1.29 is 17.2 Å². The second kappa shape index (κ2) is 6.45. The van der Waals surface area contributed by atoms with Crippen LogP contribution in [0.2, 0.25) is 5.02 Å². The van der Waals surface area contributed by atoms with Gasteiger partial charge in [0, 0.05) is 10.6 Å². The Morgan fingerprint density at radius 3 is 2.33 bits per heavy atom. The van der Waals surface area contributed by atoms with Crippen LogP contribution in [0.15, 0.2) is 41.3 Å². The van der Waals surface area contributed by atoms with Gasteiger partial charge in [0.25, 0.3) is 0 Å². The highest BCUT2D eigenvalue weighted by Crippen LogP contribution is 2.45. The van der Waals surface area contributed by atoms with E-state index >= 15 is 0 Å². The highest BCUT2D eigenvalue weighted by atomic mass is 35.5. The molecule has 24 heavy (non-hydrogen) atoms. The monoisotopic (exact) mass is 370 g/mol. The quantitative estimate of drug-likeness (QED) is 0.752. The van der Waals surface area contributed by atoms with Gasteiger partial charge in [0.05, 0.1) is 10.1 Å². The maximum Gasteiger partial charge on any atom is 0.185 e. The summed E-state index contributed by atoms with van der Waals surface area (Å²) >= 11 is 5.83. The van der Waals surface area contributed by atoms with Crippen molar-refractivity contribution in [3.8, 4) is 0 Å². The van der Waals surface area contributed by atoms with E-state index in [2.05, 4.69) is 0 Å². The fourth-order valence-corrected chi connectivity index (χ4v) is 5.82. The molecule has 0 bridgehead atoms. The molecule has 6 heteroatoms. The Hall–Kier alpha value is -1.46. The van der Waals surface area contributed by atoms with E-state index < -0.39 is 26.7 Å². The third kappa shape index (κ3) is 2.84. The maximum atomic E-state index is 14.5.